The Morgan fingerprint density at radius 3 is 2.67 bits per heavy atom. The molecule has 1 aromatic carbocycles. The summed E-state index contributed by atoms with van der Waals surface area (Å²) in [6, 6.07) is 7.71. The summed E-state index contributed by atoms with van der Waals surface area (Å²) < 4.78 is 16.7. The molecule has 146 valence electrons. The minimum Gasteiger partial charge on any atom is -0.492 e. The van der Waals surface area contributed by atoms with Crippen LogP contribution < -0.4 is 4.74 Å². The molecule has 6 heteroatoms. The van der Waals surface area contributed by atoms with Gasteiger partial charge >= 0.3 is 0 Å². The number of benzene rings is 1. The van der Waals surface area contributed by atoms with Crippen molar-refractivity contribution in [3.05, 3.63) is 46.3 Å². The Morgan fingerprint density at radius 1 is 1.15 bits per heavy atom. The average molecular weight is 391 g/mol. The minimum atomic E-state index is 0.134. The summed E-state index contributed by atoms with van der Waals surface area (Å²) in [5, 5.41) is 4.50. The third-order valence-electron chi connectivity index (χ3n) is 4.49. The summed E-state index contributed by atoms with van der Waals surface area (Å²) in [4.78, 5) is 4.37. The van der Waals surface area contributed by atoms with E-state index in [1.165, 1.54) is 12.8 Å². The number of hydrogen-bond acceptors (Lipinski definition) is 5. The topological polar surface area (TPSA) is 56.9 Å². The number of unbranched alkanes of at least 4 members (excludes halogenated alkanes) is 4. The average Bonchev–Trinajstić information content (AvgIpc) is 3.26. The maximum Gasteiger partial charge on any atom is 0.216 e. The van der Waals surface area contributed by atoms with E-state index in [1.54, 1.807) is 0 Å². The van der Waals surface area contributed by atoms with Crippen molar-refractivity contribution in [3.8, 4) is 5.75 Å². The molecule has 2 aromatic rings. The molecule has 0 aliphatic carbocycles. The van der Waals surface area contributed by atoms with Crippen molar-refractivity contribution < 1.29 is 14.0 Å². The lowest BCUT2D eigenvalue weighted by Crippen LogP contribution is -2.08. The molecule has 0 saturated heterocycles. The van der Waals surface area contributed by atoms with E-state index in [4.69, 9.17) is 25.6 Å². The van der Waals surface area contributed by atoms with Crippen LogP contribution in [0.15, 0.2) is 33.8 Å². The fourth-order valence-electron chi connectivity index (χ4n) is 3.03. The highest BCUT2D eigenvalue weighted by Crippen LogP contribution is 2.27. The molecule has 27 heavy (non-hydrogen) atoms. The number of halogens is 1. The molecule has 3 rings (SSSR count). The van der Waals surface area contributed by atoms with E-state index in [9.17, 15) is 0 Å². The third kappa shape index (κ3) is 5.99. The molecule has 0 N–H and O–H groups in total. The van der Waals surface area contributed by atoms with Crippen LogP contribution in [0, 0.1) is 6.92 Å². The molecule has 2 heterocycles. The lowest BCUT2D eigenvalue weighted by molar-refractivity contribution is 0.246. The van der Waals surface area contributed by atoms with Gasteiger partial charge in [0.05, 0.1) is 23.9 Å². The third-order valence-corrected chi connectivity index (χ3v) is 4.78. The normalized spacial score (nSPS) is 16.3. The number of aromatic nitrogens is 1. The van der Waals surface area contributed by atoms with Gasteiger partial charge in [-0.1, -0.05) is 36.0 Å². The van der Waals surface area contributed by atoms with Crippen LogP contribution in [0.1, 0.15) is 56.0 Å². The van der Waals surface area contributed by atoms with Gasteiger partial charge in [0.1, 0.15) is 17.6 Å². The van der Waals surface area contributed by atoms with E-state index in [2.05, 4.69) is 10.1 Å². The highest BCUT2D eigenvalue weighted by atomic mass is 35.5. The Labute approximate surface area is 165 Å². The van der Waals surface area contributed by atoms with Gasteiger partial charge in [0, 0.05) is 18.1 Å². The molecular formula is C21H27ClN2O3. The highest BCUT2D eigenvalue weighted by Gasteiger charge is 2.17. The molecule has 1 atom stereocenters. The van der Waals surface area contributed by atoms with E-state index < -0.39 is 0 Å². The minimum absolute atomic E-state index is 0.134. The number of rotatable bonds is 10. The predicted molar refractivity (Wildman–Crippen MR) is 107 cm³/mol. The fraction of sp³-hybridized carbons (Fsp3) is 0.524. The van der Waals surface area contributed by atoms with Crippen LogP contribution in [0.2, 0.25) is 5.02 Å². The first-order valence-corrected chi connectivity index (χ1v) is 10.1. The first-order chi connectivity index (χ1) is 13.1. The zero-order chi connectivity index (χ0) is 19.1. The molecule has 0 unspecified atom stereocenters. The van der Waals surface area contributed by atoms with Crippen LogP contribution >= 0.6 is 11.6 Å². The van der Waals surface area contributed by atoms with E-state index in [0.717, 1.165) is 42.7 Å². The molecule has 0 fully saturated rings. The van der Waals surface area contributed by atoms with Crippen molar-refractivity contribution in [3.63, 3.8) is 0 Å². The molecule has 1 aromatic heterocycles. The van der Waals surface area contributed by atoms with Crippen LogP contribution in [0.3, 0.4) is 0 Å². The Kier molecular flexibility index (Phi) is 7.16. The first-order valence-electron chi connectivity index (χ1n) is 9.68. The maximum absolute atomic E-state index is 6.34. The smallest absolute Gasteiger partial charge is 0.216 e. The monoisotopic (exact) mass is 390 g/mol. The Balaban J connectivity index is 1.30. The van der Waals surface area contributed by atoms with Gasteiger partial charge in [-0.05, 0) is 44.9 Å². The molecule has 0 bridgehead atoms. The van der Waals surface area contributed by atoms with Crippen molar-refractivity contribution in [2.75, 3.05) is 13.2 Å². The van der Waals surface area contributed by atoms with Gasteiger partial charge in [0.2, 0.25) is 5.90 Å². The molecule has 5 nitrogen and oxygen atoms in total. The number of ether oxygens (including phenoxy) is 2. The van der Waals surface area contributed by atoms with Crippen molar-refractivity contribution in [2.45, 2.75) is 58.5 Å². The number of aliphatic imine (C=N–C) groups is 1. The van der Waals surface area contributed by atoms with E-state index >= 15 is 0 Å². The highest BCUT2D eigenvalue weighted by molar-refractivity contribution is 6.32. The van der Waals surface area contributed by atoms with Crippen molar-refractivity contribution >= 4 is 17.5 Å². The van der Waals surface area contributed by atoms with E-state index in [0.29, 0.717) is 29.8 Å². The summed E-state index contributed by atoms with van der Waals surface area (Å²) in [5.74, 6) is 2.36. The van der Waals surface area contributed by atoms with Crippen LogP contribution in [-0.4, -0.2) is 30.3 Å². The molecule has 0 radical (unpaired) electrons. The number of aryl methyl sites for hydroxylation is 2. The maximum atomic E-state index is 6.34. The molecular weight excluding hydrogens is 364 g/mol. The summed E-state index contributed by atoms with van der Waals surface area (Å²) >= 11 is 6.34. The van der Waals surface area contributed by atoms with Gasteiger partial charge in [0.15, 0.2) is 0 Å². The van der Waals surface area contributed by atoms with Gasteiger partial charge in [-0.2, -0.15) is 0 Å². The molecule has 0 saturated carbocycles. The largest absolute Gasteiger partial charge is 0.492 e. The second-order valence-electron chi connectivity index (χ2n) is 7.02. The molecule has 0 amide bonds. The zero-order valence-corrected chi connectivity index (χ0v) is 16.8. The molecule has 1 aliphatic rings. The van der Waals surface area contributed by atoms with Gasteiger partial charge < -0.3 is 14.0 Å². The van der Waals surface area contributed by atoms with Crippen molar-refractivity contribution in [2.24, 2.45) is 4.99 Å². The summed E-state index contributed by atoms with van der Waals surface area (Å²) in [7, 11) is 0. The molecule has 1 aliphatic heterocycles. The van der Waals surface area contributed by atoms with Gasteiger partial charge in [-0.15, -0.1) is 0 Å². The lowest BCUT2D eigenvalue weighted by atomic mass is 10.1. The van der Waals surface area contributed by atoms with Crippen LogP contribution in [0.4, 0.5) is 0 Å². The zero-order valence-electron chi connectivity index (χ0n) is 16.0. The standard InChI is InChI=1S/C21H27ClN2O3/c1-15-12-18(27-24-15)8-6-4-3-5-7-11-25-20-10-9-17(13-19(20)22)21-23-14-16(2)26-21/h9-10,12-13,16H,3-8,11,14H2,1-2H3/t16-/m1/s1. The lowest BCUT2D eigenvalue weighted by Gasteiger charge is -2.10. The Hall–Kier alpha value is -2.01. The van der Waals surface area contributed by atoms with Crippen LogP contribution in [0.25, 0.3) is 0 Å². The SMILES string of the molecule is Cc1cc(CCCCCCCOc2ccc(C3=NC[C@@H](C)O3)cc2Cl)on1. The van der Waals surface area contributed by atoms with Gasteiger partial charge in [0.25, 0.3) is 0 Å². The quantitative estimate of drug-likeness (QED) is 0.511. The van der Waals surface area contributed by atoms with Crippen molar-refractivity contribution in [1.82, 2.24) is 5.16 Å². The Morgan fingerprint density at radius 2 is 1.96 bits per heavy atom. The van der Waals surface area contributed by atoms with Crippen LogP contribution in [0.5, 0.6) is 5.75 Å². The van der Waals surface area contributed by atoms with Crippen molar-refractivity contribution in [1.29, 1.82) is 0 Å². The fourth-order valence-corrected chi connectivity index (χ4v) is 3.27. The van der Waals surface area contributed by atoms with E-state index in [-0.39, 0.29) is 6.10 Å². The van der Waals surface area contributed by atoms with Crippen LogP contribution in [-0.2, 0) is 11.2 Å². The summed E-state index contributed by atoms with van der Waals surface area (Å²) in [6.07, 6.45) is 6.78. The molecule has 0 spiro atoms. The second-order valence-corrected chi connectivity index (χ2v) is 7.43. The van der Waals surface area contributed by atoms with Gasteiger partial charge in [-0.25, -0.2) is 4.99 Å². The number of hydrogen-bond donors (Lipinski definition) is 0. The first kappa shape index (κ1) is 19.7. The summed E-state index contributed by atoms with van der Waals surface area (Å²) in [5.41, 5.74) is 1.85. The summed E-state index contributed by atoms with van der Waals surface area (Å²) in [6.45, 7) is 5.33. The van der Waals surface area contributed by atoms with Gasteiger partial charge in [-0.3, -0.25) is 0 Å². The van der Waals surface area contributed by atoms with E-state index in [1.807, 2.05) is 38.1 Å². The number of nitrogens with zero attached hydrogens (tertiary/aromatic N) is 2. The Bertz CT molecular complexity index is 773. The second kappa shape index (κ2) is 9.79. The predicted octanol–water partition coefficient (Wildman–Crippen LogP) is 5.37.